The zero-order chi connectivity index (χ0) is 16.6. The molecule has 1 amide bonds. The molecule has 0 unspecified atom stereocenters. The van der Waals surface area contributed by atoms with Crippen molar-refractivity contribution in [3.63, 3.8) is 0 Å². The van der Waals surface area contributed by atoms with Gasteiger partial charge in [-0.25, -0.2) is 0 Å². The molecule has 2 N–H and O–H groups in total. The van der Waals surface area contributed by atoms with Crippen LogP contribution in [0.2, 0.25) is 0 Å². The minimum Gasteiger partial charge on any atom is -0.307 e. The van der Waals surface area contributed by atoms with E-state index in [2.05, 4.69) is 20.6 Å². The molecule has 0 saturated heterocycles. The minimum atomic E-state index is -0.413. The van der Waals surface area contributed by atoms with E-state index in [-0.39, 0.29) is 11.5 Å². The molecular weight excluding hydrogens is 294 g/mol. The fourth-order valence-corrected chi connectivity index (χ4v) is 2.20. The average Bonchev–Trinajstić information content (AvgIpc) is 2.90. The number of aromatic amines is 1. The molecule has 0 radical (unpaired) electrons. The maximum Gasteiger partial charge on any atom is 0.295 e. The van der Waals surface area contributed by atoms with Crippen LogP contribution in [-0.4, -0.2) is 25.7 Å². The first kappa shape index (κ1) is 15.0. The summed E-state index contributed by atoms with van der Waals surface area (Å²) in [5.41, 5.74) is 0.552. The molecule has 0 fully saturated rings. The number of anilines is 1. The summed E-state index contributed by atoms with van der Waals surface area (Å²) < 4.78 is 1.29. The Balaban J connectivity index is 1.97. The van der Waals surface area contributed by atoms with Gasteiger partial charge in [0.1, 0.15) is 11.5 Å². The molecule has 7 nitrogen and oxygen atoms in total. The van der Waals surface area contributed by atoms with Crippen molar-refractivity contribution < 1.29 is 4.79 Å². The van der Waals surface area contributed by atoms with E-state index >= 15 is 0 Å². The topological polar surface area (TPSA) is 92.2 Å². The van der Waals surface area contributed by atoms with Crippen LogP contribution in [0.25, 0.3) is 5.65 Å². The summed E-state index contributed by atoms with van der Waals surface area (Å²) in [7, 11) is 0. The Morgan fingerprint density at radius 1 is 1.17 bits per heavy atom. The van der Waals surface area contributed by atoms with Crippen LogP contribution >= 0.6 is 0 Å². The summed E-state index contributed by atoms with van der Waals surface area (Å²) in [5, 5.41) is 13.6. The first-order valence-electron chi connectivity index (χ1n) is 7.21. The van der Waals surface area contributed by atoms with Crippen molar-refractivity contribution in [1.82, 2.24) is 19.8 Å². The third-order valence-corrected chi connectivity index (χ3v) is 3.39. The first-order chi connectivity index (χ1) is 10.9. The standard InChI is InChI=1S/C16H17N5O2/c1-16(2,3)13-15(23)21-12(18-19-13)9-11(20-21)17-14(22)10-7-5-4-6-8-10/h4-9,20H,1-3H3,(H,17,22). The fraction of sp³-hybridized carbons (Fsp3) is 0.250. The van der Waals surface area contributed by atoms with Gasteiger partial charge < -0.3 is 5.32 Å². The van der Waals surface area contributed by atoms with Crippen LogP contribution in [0.15, 0.2) is 41.2 Å². The van der Waals surface area contributed by atoms with Crippen molar-refractivity contribution in [2.24, 2.45) is 0 Å². The maximum absolute atomic E-state index is 12.5. The van der Waals surface area contributed by atoms with Crippen LogP contribution in [0.1, 0.15) is 36.8 Å². The summed E-state index contributed by atoms with van der Waals surface area (Å²) in [6, 6.07) is 10.4. The van der Waals surface area contributed by atoms with E-state index in [0.717, 1.165) is 0 Å². The predicted molar refractivity (Wildman–Crippen MR) is 86.7 cm³/mol. The molecule has 0 aliphatic carbocycles. The molecule has 118 valence electrons. The number of aromatic nitrogens is 4. The van der Waals surface area contributed by atoms with Crippen molar-refractivity contribution in [2.45, 2.75) is 26.2 Å². The number of nitrogens with one attached hydrogen (secondary N) is 2. The monoisotopic (exact) mass is 311 g/mol. The van der Waals surface area contributed by atoms with Gasteiger partial charge >= 0.3 is 0 Å². The van der Waals surface area contributed by atoms with Crippen molar-refractivity contribution in [3.8, 4) is 0 Å². The number of benzene rings is 1. The Morgan fingerprint density at radius 3 is 2.52 bits per heavy atom. The number of rotatable bonds is 2. The molecule has 2 aromatic heterocycles. The normalized spacial score (nSPS) is 11.6. The maximum atomic E-state index is 12.5. The molecule has 2 heterocycles. The van der Waals surface area contributed by atoms with Crippen LogP contribution in [0, 0.1) is 0 Å². The van der Waals surface area contributed by atoms with Gasteiger partial charge in [-0.1, -0.05) is 39.0 Å². The van der Waals surface area contributed by atoms with E-state index in [4.69, 9.17) is 0 Å². The van der Waals surface area contributed by atoms with Crippen LogP contribution < -0.4 is 10.9 Å². The van der Waals surface area contributed by atoms with Crippen LogP contribution in [0.5, 0.6) is 0 Å². The highest BCUT2D eigenvalue weighted by Gasteiger charge is 2.22. The number of amides is 1. The second-order valence-electron chi connectivity index (χ2n) is 6.29. The van der Waals surface area contributed by atoms with Gasteiger partial charge in [-0.15, -0.1) is 10.2 Å². The Kier molecular flexibility index (Phi) is 3.48. The predicted octanol–water partition coefficient (Wildman–Crippen LogP) is 1.97. The lowest BCUT2D eigenvalue weighted by Gasteiger charge is -2.14. The lowest BCUT2D eigenvalue weighted by Crippen LogP contribution is -2.30. The molecule has 7 heteroatoms. The molecule has 0 atom stereocenters. The van der Waals surface area contributed by atoms with E-state index < -0.39 is 5.41 Å². The summed E-state index contributed by atoms with van der Waals surface area (Å²) in [5.74, 6) is 0.116. The minimum absolute atomic E-state index is 0.269. The zero-order valence-corrected chi connectivity index (χ0v) is 13.1. The van der Waals surface area contributed by atoms with Crippen molar-refractivity contribution in [2.75, 3.05) is 5.32 Å². The lowest BCUT2D eigenvalue weighted by atomic mass is 9.93. The smallest absolute Gasteiger partial charge is 0.295 e. The number of nitrogens with zero attached hydrogens (tertiary/aromatic N) is 3. The highest BCUT2D eigenvalue weighted by molar-refractivity contribution is 6.03. The van der Waals surface area contributed by atoms with Gasteiger partial charge in [0, 0.05) is 17.0 Å². The Morgan fingerprint density at radius 2 is 1.87 bits per heavy atom. The number of H-pyrrole nitrogens is 1. The molecule has 23 heavy (non-hydrogen) atoms. The molecule has 3 rings (SSSR count). The van der Waals surface area contributed by atoms with Crippen LogP contribution in [0.4, 0.5) is 5.82 Å². The van der Waals surface area contributed by atoms with Gasteiger partial charge in [-0.2, -0.15) is 4.52 Å². The van der Waals surface area contributed by atoms with E-state index in [0.29, 0.717) is 22.7 Å². The number of carbonyl (C=O) groups is 1. The van der Waals surface area contributed by atoms with Gasteiger partial charge in [0.15, 0.2) is 5.65 Å². The molecule has 0 aliphatic rings. The molecule has 1 aromatic carbocycles. The Labute approximate surface area is 132 Å². The molecule has 0 bridgehead atoms. The average molecular weight is 311 g/mol. The number of hydrogen-bond donors (Lipinski definition) is 2. The van der Waals surface area contributed by atoms with Crippen molar-refractivity contribution in [3.05, 3.63) is 58.0 Å². The van der Waals surface area contributed by atoms with E-state index in [1.807, 2.05) is 26.8 Å². The molecule has 0 spiro atoms. The van der Waals surface area contributed by atoms with Gasteiger partial charge in [-0.3, -0.25) is 14.7 Å². The molecule has 0 saturated carbocycles. The van der Waals surface area contributed by atoms with Crippen molar-refractivity contribution in [1.29, 1.82) is 0 Å². The van der Waals surface area contributed by atoms with E-state index in [1.54, 1.807) is 30.3 Å². The Bertz CT molecular complexity index is 919. The molecular formula is C16H17N5O2. The van der Waals surface area contributed by atoms with Crippen LogP contribution in [0.3, 0.4) is 0 Å². The fourth-order valence-electron chi connectivity index (χ4n) is 2.20. The van der Waals surface area contributed by atoms with Gasteiger partial charge in [0.05, 0.1) is 0 Å². The Hall–Kier alpha value is -2.96. The first-order valence-corrected chi connectivity index (χ1v) is 7.21. The van der Waals surface area contributed by atoms with Gasteiger partial charge in [-0.05, 0) is 12.1 Å². The SMILES string of the molecule is CC(C)(C)c1nnc2cc(NC(=O)c3ccccc3)[nH]n2c1=O. The highest BCUT2D eigenvalue weighted by atomic mass is 16.2. The highest BCUT2D eigenvalue weighted by Crippen LogP contribution is 2.16. The third-order valence-electron chi connectivity index (χ3n) is 3.39. The summed E-state index contributed by atoms with van der Waals surface area (Å²) >= 11 is 0. The van der Waals surface area contributed by atoms with Gasteiger partial charge in [0.25, 0.3) is 11.5 Å². The largest absolute Gasteiger partial charge is 0.307 e. The quantitative estimate of drug-likeness (QED) is 0.757. The number of fused-ring (bicyclic) bond motifs is 1. The lowest BCUT2D eigenvalue weighted by molar-refractivity contribution is 0.102. The summed E-state index contributed by atoms with van der Waals surface area (Å²) in [4.78, 5) is 24.6. The van der Waals surface area contributed by atoms with Gasteiger partial charge in [0.2, 0.25) is 0 Å². The number of carbonyl (C=O) groups excluding carboxylic acids is 1. The summed E-state index contributed by atoms with van der Waals surface area (Å²) in [6.45, 7) is 5.68. The summed E-state index contributed by atoms with van der Waals surface area (Å²) in [6.07, 6.45) is 0. The second kappa shape index (κ2) is 5.35. The van der Waals surface area contributed by atoms with E-state index in [1.165, 1.54) is 4.52 Å². The zero-order valence-electron chi connectivity index (χ0n) is 13.1. The third kappa shape index (κ3) is 2.85. The van der Waals surface area contributed by atoms with Crippen molar-refractivity contribution >= 4 is 17.4 Å². The number of hydrogen-bond acceptors (Lipinski definition) is 4. The second-order valence-corrected chi connectivity index (χ2v) is 6.29. The van der Waals surface area contributed by atoms with E-state index in [9.17, 15) is 9.59 Å². The van der Waals surface area contributed by atoms with Crippen LogP contribution in [-0.2, 0) is 5.41 Å². The molecule has 3 aromatic rings. The molecule has 0 aliphatic heterocycles.